The van der Waals surface area contributed by atoms with Crippen LogP contribution in [0.15, 0.2) is 24.3 Å². The fourth-order valence-electron chi connectivity index (χ4n) is 2.46. The summed E-state index contributed by atoms with van der Waals surface area (Å²) in [5.74, 6) is 0.660. The summed E-state index contributed by atoms with van der Waals surface area (Å²) in [5, 5.41) is 3.44. The van der Waals surface area contributed by atoms with Crippen LogP contribution in [0.4, 0.5) is 5.69 Å². The van der Waals surface area contributed by atoms with E-state index in [-0.39, 0.29) is 5.41 Å². The van der Waals surface area contributed by atoms with Crippen LogP contribution in [0, 0.1) is 5.92 Å². The standard InChI is InChI=1S/C13H20N2/c1-10-9-15-7-6-13(10,2)11-4-3-5-12(14)8-11/h3-5,8,10,15H,6-7,9,14H2,1-2H3/t10-,13+/m0/s1. The van der Waals surface area contributed by atoms with Crippen LogP contribution in [0.2, 0.25) is 0 Å². The molecule has 0 radical (unpaired) electrons. The number of nitrogens with one attached hydrogen (secondary N) is 1. The van der Waals surface area contributed by atoms with Crippen molar-refractivity contribution >= 4 is 5.69 Å². The van der Waals surface area contributed by atoms with Crippen molar-refractivity contribution in [2.24, 2.45) is 5.92 Å². The first-order valence-electron chi connectivity index (χ1n) is 5.69. The number of piperidine rings is 1. The van der Waals surface area contributed by atoms with Crippen LogP contribution in [0.3, 0.4) is 0 Å². The molecule has 2 heteroatoms. The maximum absolute atomic E-state index is 5.85. The van der Waals surface area contributed by atoms with Crippen LogP contribution in [0.1, 0.15) is 25.8 Å². The van der Waals surface area contributed by atoms with Crippen LogP contribution in [0.25, 0.3) is 0 Å². The smallest absolute Gasteiger partial charge is 0.0316 e. The highest BCUT2D eigenvalue weighted by molar-refractivity contribution is 5.43. The van der Waals surface area contributed by atoms with Gasteiger partial charge in [0.2, 0.25) is 0 Å². The molecule has 82 valence electrons. The van der Waals surface area contributed by atoms with E-state index in [1.54, 1.807) is 0 Å². The first-order valence-corrected chi connectivity index (χ1v) is 5.69. The highest BCUT2D eigenvalue weighted by atomic mass is 14.9. The van der Waals surface area contributed by atoms with E-state index in [1.807, 2.05) is 6.07 Å². The maximum Gasteiger partial charge on any atom is 0.0316 e. The Kier molecular flexibility index (Phi) is 2.70. The first kappa shape index (κ1) is 10.5. The van der Waals surface area contributed by atoms with Crippen LogP contribution in [-0.2, 0) is 5.41 Å². The van der Waals surface area contributed by atoms with Gasteiger partial charge in [-0.05, 0) is 48.5 Å². The Morgan fingerprint density at radius 2 is 2.27 bits per heavy atom. The van der Waals surface area contributed by atoms with Crippen LogP contribution >= 0.6 is 0 Å². The largest absolute Gasteiger partial charge is 0.399 e. The molecule has 15 heavy (non-hydrogen) atoms. The van der Waals surface area contributed by atoms with E-state index in [9.17, 15) is 0 Å². The molecule has 2 atom stereocenters. The lowest BCUT2D eigenvalue weighted by molar-refractivity contribution is 0.238. The van der Waals surface area contributed by atoms with Gasteiger partial charge in [0.25, 0.3) is 0 Å². The normalized spacial score (nSPS) is 31.5. The number of anilines is 1. The molecule has 1 aliphatic heterocycles. The maximum atomic E-state index is 5.85. The summed E-state index contributed by atoms with van der Waals surface area (Å²) in [6.45, 7) is 6.88. The molecule has 0 aromatic heterocycles. The molecule has 1 saturated heterocycles. The van der Waals surface area contributed by atoms with Gasteiger partial charge in [0, 0.05) is 5.69 Å². The van der Waals surface area contributed by atoms with Crippen molar-refractivity contribution in [3.8, 4) is 0 Å². The lowest BCUT2D eigenvalue weighted by Gasteiger charge is -2.40. The van der Waals surface area contributed by atoms with Crippen molar-refractivity contribution in [2.45, 2.75) is 25.7 Å². The molecule has 1 heterocycles. The Bertz CT molecular complexity index is 348. The predicted octanol–water partition coefficient (Wildman–Crippen LogP) is 2.16. The van der Waals surface area contributed by atoms with Gasteiger partial charge in [0.05, 0.1) is 0 Å². The SMILES string of the molecule is C[C@H]1CNCC[C@@]1(C)c1cccc(N)c1. The van der Waals surface area contributed by atoms with Crippen molar-refractivity contribution in [1.82, 2.24) is 5.32 Å². The number of benzene rings is 1. The molecule has 1 fully saturated rings. The van der Waals surface area contributed by atoms with Crippen molar-refractivity contribution in [3.63, 3.8) is 0 Å². The summed E-state index contributed by atoms with van der Waals surface area (Å²) in [6.07, 6.45) is 1.19. The zero-order valence-electron chi connectivity index (χ0n) is 9.59. The molecule has 0 saturated carbocycles. The van der Waals surface area contributed by atoms with Gasteiger partial charge in [-0.1, -0.05) is 26.0 Å². The number of nitrogens with two attached hydrogens (primary N) is 1. The Balaban J connectivity index is 2.34. The summed E-state index contributed by atoms with van der Waals surface area (Å²) in [7, 11) is 0. The molecule has 0 aliphatic carbocycles. The lowest BCUT2D eigenvalue weighted by Crippen LogP contribution is -2.44. The zero-order valence-corrected chi connectivity index (χ0v) is 9.59. The number of rotatable bonds is 1. The van der Waals surface area contributed by atoms with Crippen LogP contribution in [0.5, 0.6) is 0 Å². The summed E-state index contributed by atoms with van der Waals surface area (Å²) in [5.41, 5.74) is 8.39. The van der Waals surface area contributed by atoms with E-state index in [4.69, 9.17) is 5.73 Å². The summed E-state index contributed by atoms with van der Waals surface area (Å²) in [6, 6.07) is 8.35. The monoisotopic (exact) mass is 204 g/mol. The zero-order chi connectivity index (χ0) is 10.9. The second-order valence-corrected chi connectivity index (χ2v) is 4.90. The second kappa shape index (κ2) is 3.86. The van der Waals surface area contributed by atoms with Crippen molar-refractivity contribution in [3.05, 3.63) is 29.8 Å². The molecule has 0 bridgehead atoms. The van der Waals surface area contributed by atoms with Gasteiger partial charge >= 0.3 is 0 Å². The van der Waals surface area contributed by atoms with E-state index in [0.29, 0.717) is 5.92 Å². The van der Waals surface area contributed by atoms with E-state index in [1.165, 1.54) is 12.0 Å². The van der Waals surface area contributed by atoms with Gasteiger partial charge in [-0.3, -0.25) is 0 Å². The summed E-state index contributed by atoms with van der Waals surface area (Å²) >= 11 is 0. The molecule has 0 unspecified atom stereocenters. The Morgan fingerprint density at radius 1 is 1.47 bits per heavy atom. The molecule has 0 amide bonds. The highest BCUT2D eigenvalue weighted by Gasteiger charge is 2.34. The second-order valence-electron chi connectivity index (χ2n) is 4.90. The molecular weight excluding hydrogens is 184 g/mol. The van der Waals surface area contributed by atoms with Gasteiger partial charge in [0.15, 0.2) is 0 Å². The average molecular weight is 204 g/mol. The molecule has 2 rings (SSSR count). The minimum Gasteiger partial charge on any atom is -0.399 e. The van der Waals surface area contributed by atoms with Gasteiger partial charge in [-0.2, -0.15) is 0 Å². The quantitative estimate of drug-likeness (QED) is 0.688. The minimum atomic E-state index is 0.278. The van der Waals surface area contributed by atoms with Gasteiger partial charge in [-0.15, -0.1) is 0 Å². The topological polar surface area (TPSA) is 38.0 Å². The summed E-state index contributed by atoms with van der Waals surface area (Å²) in [4.78, 5) is 0. The van der Waals surface area contributed by atoms with Crippen LogP contribution < -0.4 is 11.1 Å². The Hall–Kier alpha value is -1.02. The third kappa shape index (κ3) is 1.86. The van der Waals surface area contributed by atoms with E-state index < -0.39 is 0 Å². The third-order valence-electron chi connectivity index (χ3n) is 3.91. The molecule has 2 nitrogen and oxygen atoms in total. The Morgan fingerprint density at radius 3 is 2.93 bits per heavy atom. The van der Waals surface area contributed by atoms with E-state index in [2.05, 4.69) is 37.4 Å². The fourth-order valence-corrected chi connectivity index (χ4v) is 2.46. The molecule has 1 aliphatic rings. The lowest BCUT2D eigenvalue weighted by atomic mass is 9.68. The highest BCUT2D eigenvalue weighted by Crippen LogP contribution is 2.37. The first-order chi connectivity index (χ1) is 7.13. The van der Waals surface area contributed by atoms with Crippen LogP contribution in [-0.4, -0.2) is 13.1 Å². The van der Waals surface area contributed by atoms with Crippen molar-refractivity contribution in [2.75, 3.05) is 18.8 Å². The van der Waals surface area contributed by atoms with Gasteiger partial charge in [0.1, 0.15) is 0 Å². The van der Waals surface area contributed by atoms with E-state index in [0.717, 1.165) is 18.8 Å². The summed E-state index contributed by atoms with van der Waals surface area (Å²) < 4.78 is 0. The number of hydrogen-bond acceptors (Lipinski definition) is 2. The van der Waals surface area contributed by atoms with E-state index >= 15 is 0 Å². The number of hydrogen-bond donors (Lipinski definition) is 2. The Labute approximate surface area is 91.9 Å². The van der Waals surface area contributed by atoms with Gasteiger partial charge < -0.3 is 11.1 Å². The van der Waals surface area contributed by atoms with Crippen molar-refractivity contribution < 1.29 is 0 Å². The van der Waals surface area contributed by atoms with Gasteiger partial charge in [-0.25, -0.2) is 0 Å². The molecule has 1 aromatic rings. The third-order valence-corrected chi connectivity index (χ3v) is 3.91. The van der Waals surface area contributed by atoms with Crippen molar-refractivity contribution in [1.29, 1.82) is 0 Å². The molecule has 0 spiro atoms. The average Bonchev–Trinajstić information content (AvgIpc) is 2.23. The fraction of sp³-hybridized carbons (Fsp3) is 0.538. The molecule has 1 aromatic carbocycles. The number of nitrogen functional groups attached to an aromatic ring is 1. The predicted molar refractivity (Wildman–Crippen MR) is 64.9 cm³/mol. The minimum absolute atomic E-state index is 0.278. The molecule has 3 N–H and O–H groups in total. The molecular formula is C13H20N2.